The SMILES string of the molecule is Cn1c(N2CCC3(C=C(c4c(-c5c(Cl)cccc5Cl)noc4C4CC4)C3)CC2)nc2cc(C(=O)O)ccc21. The molecule has 2 aromatic carbocycles. The number of nitrogens with zero attached hydrogens (tertiary/aromatic N) is 4. The number of fused-ring (bicyclic) bond motifs is 1. The molecule has 0 radical (unpaired) electrons. The van der Waals surface area contributed by atoms with Gasteiger partial charge in [0.1, 0.15) is 11.5 Å². The highest BCUT2D eigenvalue weighted by Crippen LogP contribution is 2.56. The maximum Gasteiger partial charge on any atom is 0.335 e. The summed E-state index contributed by atoms with van der Waals surface area (Å²) in [5, 5.41) is 15.0. The predicted octanol–water partition coefficient (Wildman–Crippen LogP) is 7.18. The molecule has 0 amide bonds. The van der Waals surface area contributed by atoms with Gasteiger partial charge in [-0.3, -0.25) is 0 Å². The zero-order valence-electron chi connectivity index (χ0n) is 20.9. The number of carboxylic acid groups (broad SMARTS) is 1. The summed E-state index contributed by atoms with van der Waals surface area (Å²) >= 11 is 13.1. The van der Waals surface area contributed by atoms with Gasteiger partial charge in [-0.1, -0.05) is 40.5 Å². The summed E-state index contributed by atoms with van der Waals surface area (Å²) in [6.45, 7) is 1.77. The maximum absolute atomic E-state index is 11.4. The Kier molecular flexibility index (Phi) is 5.39. The third-order valence-corrected chi connectivity index (χ3v) is 8.99. The summed E-state index contributed by atoms with van der Waals surface area (Å²) in [4.78, 5) is 18.5. The topological polar surface area (TPSA) is 84.4 Å². The van der Waals surface area contributed by atoms with Crippen LogP contribution in [0.5, 0.6) is 0 Å². The number of allylic oxidation sites excluding steroid dienone is 2. The molecule has 7 rings (SSSR count). The van der Waals surface area contributed by atoms with Crippen molar-refractivity contribution < 1.29 is 14.4 Å². The van der Waals surface area contributed by atoms with Crippen LogP contribution in [0.2, 0.25) is 10.0 Å². The first-order chi connectivity index (χ1) is 18.3. The highest BCUT2D eigenvalue weighted by molar-refractivity contribution is 6.39. The Morgan fingerprint density at radius 1 is 1.11 bits per heavy atom. The van der Waals surface area contributed by atoms with E-state index in [-0.39, 0.29) is 11.0 Å². The Labute approximate surface area is 229 Å². The molecule has 3 aliphatic rings. The van der Waals surface area contributed by atoms with Gasteiger partial charge in [-0.25, -0.2) is 9.78 Å². The number of aromatic nitrogens is 3. The summed E-state index contributed by atoms with van der Waals surface area (Å²) in [5.74, 6) is 1.33. The van der Waals surface area contributed by atoms with Gasteiger partial charge in [-0.2, -0.15) is 0 Å². The van der Waals surface area contributed by atoms with Crippen LogP contribution in [0.1, 0.15) is 59.7 Å². The molecule has 2 aromatic heterocycles. The molecule has 38 heavy (non-hydrogen) atoms. The van der Waals surface area contributed by atoms with Crippen LogP contribution in [0, 0.1) is 5.41 Å². The highest BCUT2D eigenvalue weighted by Gasteiger charge is 2.44. The summed E-state index contributed by atoms with van der Waals surface area (Å²) in [5.41, 5.74) is 5.89. The first-order valence-corrected chi connectivity index (χ1v) is 13.7. The second kappa shape index (κ2) is 8.61. The Morgan fingerprint density at radius 3 is 2.47 bits per heavy atom. The molecule has 194 valence electrons. The van der Waals surface area contributed by atoms with Gasteiger partial charge < -0.3 is 19.1 Å². The number of hydrogen-bond donors (Lipinski definition) is 1. The minimum Gasteiger partial charge on any atom is -0.478 e. The number of imidazole rings is 1. The lowest BCUT2D eigenvalue weighted by molar-refractivity contribution is 0.0697. The molecular formula is C29H26Cl2N4O3. The fourth-order valence-corrected chi connectivity index (χ4v) is 6.66. The van der Waals surface area contributed by atoms with Gasteiger partial charge in [-0.05, 0) is 73.4 Å². The lowest BCUT2D eigenvalue weighted by Crippen LogP contribution is -2.43. The van der Waals surface area contributed by atoms with Crippen molar-refractivity contribution in [1.82, 2.24) is 14.7 Å². The van der Waals surface area contributed by atoms with E-state index in [1.807, 2.05) is 31.3 Å². The Morgan fingerprint density at radius 2 is 1.82 bits per heavy atom. The van der Waals surface area contributed by atoms with Crippen molar-refractivity contribution in [3.63, 3.8) is 0 Å². The Hall–Kier alpha value is -3.29. The molecule has 1 aliphatic heterocycles. The standard InChI is InChI=1S/C29H26Cl2N4O3/c1-34-22-8-7-17(27(36)37)13-21(22)32-28(34)35-11-9-29(10-12-35)14-18(15-29)23-25(33-38-26(23)16-5-6-16)24-19(30)3-2-4-20(24)31/h2-4,7-8,13-14,16H,5-6,9-12,15H2,1H3,(H,36,37). The molecule has 2 fully saturated rings. The molecule has 7 nitrogen and oxygen atoms in total. The average Bonchev–Trinajstić information content (AvgIpc) is 3.56. The summed E-state index contributed by atoms with van der Waals surface area (Å²) in [6.07, 6.45) is 7.68. The number of benzene rings is 2. The number of anilines is 1. The number of aryl methyl sites for hydroxylation is 1. The molecule has 1 saturated heterocycles. The van der Waals surface area contributed by atoms with Gasteiger partial charge in [-0.15, -0.1) is 0 Å². The fourth-order valence-electron chi connectivity index (χ4n) is 6.09. The lowest BCUT2D eigenvalue weighted by Gasteiger charge is -2.46. The molecule has 4 aromatic rings. The highest BCUT2D eigenvalue weighted by atomic mass is 35.5. The number of carbonyl (C=O) groups is 1. The molecule has 0 unspecified atom stereocenters. The van der Waals surface area contributed by atoms with Crippen molar-refractivity contribution in [3.8, 4) is 11.3 Å². The van der Waals surface area contributed by atoms with Crippen molar-refractivity contribution in [2.24, 2.45) is 12.5 Å². The third-order valence-electron chi connectivity index (χ3n) is 8.36. The van der Waals surface area contributed by atoms with E-state index in [9.17, 15) is 9.90 Å². The largest absolute Gasteiger partial charge is 0.478 e. The zero-order chi connectivity index (χ0) is 26.2. The van der Waals surface area contributed by atoms with Crippen molar-refractivity contribution in [1.29, 1.82) is 0 Å². The van der Waals surface area contributed by atoms with Crippen LogP contribution in [-0.4, -0.2) is 38.9 Å². The van der Waals surface area contributed by atoms with Crippen LogP contribution in [-0.2, 0) is 7.05 Å². The van der Waals surface area contributed by atoms with Crippen LogP contribution >= 0.6 is 23.2 Å². The van der Waals surface area contributed by atoms with Crippen molar-refractivity contribution in [3.05, 3.63) is 69.4 Å². The quantitative estimate of drug-likeness (QED) is 0.284. The number of carboxylic acids is 1. The van der Waals surface area contributed by atoms with E-state index < -0.39 is 5.97 Å². The van der Waals surface area contributed by atoms with E-state index in [2.05, 4.69) is 20.7 Å². The van der Waals surface area contributed by atoms with E-state index >= 15 is 0 Å². The molecule has 9 heteroatoms. The smallest absolute Gasteiger partial charge is 0.335 e. The van der Waals surface area contributed by atoms with Crippen molar-refractivity contribution in [2.45, 2.75) is 38.0 Å². The molecule has 3 heterocycles. The molecule has 0 atom stereocenters. The Balaban J connectivity index is 1.15. The van der Waals surface area contributed by atoms with Crippen LogP contribution in [0.25, 0.3) is 27.9 Å². The average molecular weight is 549 g/mol. The number of aromatic carboxylic acids is 1. The van der Waals surface area contributed by atoms with Gasteiger partial charge in [0.15, 0.2) is 0 Å². The molecule has 2 aliphatic carbocycles. The first kappa shape index (κ1) is 23.8. The second-order valence-corrected chi connectivity index (χ2v) is 11.6. The first-order valence-electron chi connectivity index (χ1n) is 12.9. The Bertz CT molecular complexity index is 1620. The molecule has 0 bridgehead atoms. The minimum absolute atomic E-state index is 0.145. The van der Waals surface area contributed by atoms with Crippen molar-refractivity contribution >= 4 is 51.7 Å². The second-order valence-electron chi connectivity index (χ2n) is 10.8. The fraction of sp³-hybridized carbons (Fsp3) is 0.345. The van der Waals surface area contributed by atoms with Gasteiger partial charge in [0.2, 0.25) is 5.95 Å². The van der Waals surface area contributed by atoms with E-state index in [4.69, 9.17) is 32.7 Å². The van der Waals surface area contributed by atoms with E-state index in [1.165, 1.54) is 5.57 Å². The summed E-state index contributed by atoms with van der Waals surface area (Å²) in [7, 11) is 1.99. The van der Waals surface area contributed by atoms with E-state index in [0.717, 1.165) is 79.2 Å². The summed E-state index contributed by atoms with van der Waals surface area (Å²) in [6, 6.07) is 10.6. The summed E-state index contributed by atoms with van der Waals surface area (Å²) < 4.78 is 7.95. The molecule has 1 saturated carbocycles. The van der Waals surface area contributed by atoms with E-state index in [0.29, 0.717) is 21.5 Å². The maximum atomic E-state index is 11.4. The zero-order valence-corrected chi connectivity index (χ0v) is 22.4. The number of rotatable bonds is 5. The lowest BCUT2D eigenvalue weighted by atomic mass is 9.63. The van der Waals surface area contributed by atoms with Gasteiger partial charge >= 0.3 is 5.97 Å². The normalized spacial score (nSPS) is 18.6. The van der Waals surface area contributed by atoms with Gasteiger partial charge in [0, 0.05) is 37.2 Å². The van der Waals surface area contributed by atoms with Crippen LogP contribution < -0.4 is 4.90 Å². The number of halogens is 2. The van der Waals surface area contributed by atoms with Gasteiger partial charge in [0.05, 0.1) is 26.6 Å². The van der Waals surface area contributed by atoms with E-state index in [1.54, 1.807) is 12.1 Å². The minimum atomic E-state index is -0.941. The third kappa shape index (κ3) is 3.75. The predicted molar refractivity (Wildman–Crippen MR) is 148 cm³/mol. The monoisotopic (exact) mass is 548 g/mol. The van der Waals surface area contributed by atoms with Crippen molar-refractivity contribution in [2.75, 3.05) is 18.0 Å². The molecular weight excluding hydrogens is 523 g/mol. The number of piperidine rings is 1. The molecule has 1 N–H and O–H groups in total. The number of hydrogen-bond acceptors (Lipinski definition) is 5. The van der Waals surface area contributed by atoms with Crippen LogP contribution in [0.15, 0.2) is 47.0 Å². The van der Waals surface area contributed by atoms with Crippen LogP contribution in [0.4, 0.5) is 5.95 Å². The molecule has 1 spiro atoms. The van der Waals surface area contributed by atoms with Gasteiger partial charge in [0.25, 0.3) is 0 Å². The van der Waals surface area contributed by atoms with Crippen LogP contribution in [0.3, 0.4) is 0 Å².